The summed E-state index contributed by atoms with van der Waals surface area (Å²) in [5.74, 6) is -1.40. The van der Waals surface area contributed by atoms with Crippen LogP contribution in [0.15, 0.2) is 79.8 Å². The Bertz CT molecular complexity index is 1960. The smallest absolute Gasteiger partial charge is 0.221 e. The van der Waals surface area contributed by atoms with Gasteiger partial charge in [0.25, 0.3) is 0 Å². The van der Waals surface area contributed by atoms with E-state index in [4.69, 9.17) is 41.2 Å². The second kappa shape index (κ2) is 28.1. The van der Waals surface area contributed by atoms with Crippen LogP contribution in [0.3, 0.4) is 0 Å². The molecule has 0 aliphatic carbocycles. The number of halogens is 14. The van der Waals surface area contributed by atoms with E-state index in [9.17, 15) is 27.2 Å². The van der Waals surface area contributed by atoms with Gasteiger partial charge in [0.15, 0.2) is 0 Å². The van der Waals surface area contributed by atoms with Crippen LogP contribution in [0.25, 0.3) is 10.2 Å². The normalized spacial score (nSPS) is 9.64. The van der Waals surface area contributed by atoms with Gasteiger partial charge >= 0.3 is 0 Å². The maximum Gasteiger partial charge on any atom is 0.221 e. The average molecular weight is 1320 g/mol. The van der Waals surface area contributed by atoms with Gasteiger partial charge in [0.05, 0.1) is 42.6 Å². The van der Waals surface area contributed by atoms with Gasteiger partial charge in [-0.2, -0.15) is 0 Å². The molecule has 300 valence electrons. The summed E-state index contributed by atoms with van der Waals surface area (Å²) in [5, 5.41) is 6.30. The van der Waals surface area contributed by atoms with E-state index in [1.54, 1.807) is 6.92 Å². The molecule has 6 nitrogen and oxygen atoms in total. The van der Waals surface area contributed by atoms with E-state index in [1.807, 2.05) is 6.92 Å². The van der Waals surface area contributed by atoms with Crippen LogP contribution >= 0.6 is 170 Å². The van der Waals surface area contributed by atoms with Crippen molar-refractivity contribution >= 4 is 213 Å². The third-order valence-corrected chi connectivity index (χ3v) is 10.6. The summed E-state index contributed by atoms with van der Waals surface area (Å²) in [6, 6.07) is 10.9. The molecule has 0 aliphatic rings. The molecule has 0 atom stereocenters. The lowest BCUT2D eigenvalue weighted by Crippen LogP contribution is -2.07. The third kappa shape index (κ3) is 22.5. The lowest BCUT2D eigenvalue weighted by atomic mass is 10.3. The van der Waals surface area contributed by atoms with Crippen molar-refractivity contribution in [3.63, 3.8) is 0 Å². The number of nitrogen functional groups attached to an aromatic ring is 1. The second-order valence-electron chi connectivity index (χ2n) is 9.67. The number of hydrogen-bond donors (Lipinski definition) is 3. The van der Waals surface area contributed by atoms with Crippen molar-refractivity contribution in [1.29, 1.82) is 0 Å². The molecule has 5 aromatic rings. The maximum atomic E-state index is 12.9. The van der Waals surface area contributed by atoms with Crippen molar-refractivity contribution in [3.05, 3.63) is 108 Å². The molecule has 1 amide bonds. The van der Waals surface area contributed by atoms with Crippen molar-refractivity contribution in [2.75, 3.05) is 21.7 Å². The topological polar surface area (TPSA) is 97.1 Å². The third-order valence-electron chi connectivity index (χ3n) is 5.18. The molecule has 55 heavy (non-hydrogen) atoms. The van der Waals surface area contributed by atoms with Crippen LogP contribution in [0.1, 0.15) is 25.8 Å². The molecular formula is C33H26Br7Cl3F4N4O2S2. The van der Waals surface area contributed by atoms with Crippen molar-refractivity contribution < 1.29 is 27.2 Å². The summed E-state index contributed by atoms with van der Waals surface area (Å²) in [7, 11) is 0. The second-order valence-corrected chi connectivity index (χ2v) is 18.8. The fourth-order valence-corrected chi connectivity index (χ4v) is 8.72. The number of nitrogens with one attached hydrogen (secondary N) is 2. The Hall–Kier alpha value is -0.450. The predicted octanol–water partition coefficient (Wildman–Crippen LogP) is 16.1. The van der Waals surface area contributed by atoms with Crippen LogP contribution in [-0.4, -0.2) is 26.5 Å². The number of aromatic nitrogens is 1. The largest absolute Gasteiger partial charge is 0.397 e. The standard InChI is InChI=1S/C8H6Br2FNO.C8H6Br2FNS.C8H5BrFNS.C6H4Br2FN.C2H3ClO.CH2Cl2/c2*1-4(13)12-8-6(9)2-5(11)3-7(8)10;1-4-11-8-6(9)2-5(10)3-7(8)12-4;7-4-1-3(9)2-5(8)6(4)10;1-2(3)4;2-1-3/h2*2-3H,1H3,(H,12,13);2-3H,1H3;1-2H,10H2;1H3;1H2. The molecule has 4 N–H and O–H groups in total. The number of fused-ring (bicyclic) bond motifs is 1. The molecule has 5 rings (SSSR count). The summed E-state index contributed by atoms with van der Waals surface area (Å²) in [5.41, 5.74) is 8.13. The minimum absolute atomic E-state index is 0.194. The van der Waals surface area contributed by atoms with Gasteiger partial charge in [-0.05, 0) is 185 Å². The zero-order valence-corrected chi connectivity index (χ0v) is 43.3. The Balaban J connectivity index is 0.000000670. The first-order valence-electron chi connectivity index (χ1n) is 14.2. The minimum Gasteiger partial charge on any atom is -0.397 e. The highest BCUT2D eigenvalue weighted by Crippen LogP contribution is 2.33. The van der Waals surface area contributed by atoms with Crippen molar-refractivity contribution in [2.24, 2.45) is 0 Å². The summed E-state index contributed by atoms with van der Waals surface area (Å²) in [6.45, 7) is 6.36. The summed E-state index contributed by atoms with van der Waals surface area (Å²) >= 11 is 42.8. The van der Waals surface area contributed by atoms with Gasteiger partial charge in [-0.1, -0.05) is 12.2 Å². The quantitative estimate of drug-likeness (QED) is 0.0536. The van der Waals surface area contributed by atoms with Crippen molar-refractivity contribution in [2.45, 2.75) is 27.7 Å². The van der Waals surface area contributed by atoms with Gasteiger partial charge < -0.3 is 16.4 Å². The zero-order valence-electron chi connectivity index (χ0n) is 28.3. The Kier molecular flexibility index (Phi) is 27.9. The molecule has 0 unspecified atom stereocenters. The number of alkyl halides is 2. The molecule has 1 heterocycles. The molecule has 0 saturated heterocycles. The van der Waals surface area contributed by atoms with E-state index in [2.05, 4.69) is 139 Å². The van der Waals surface area contributed by atoms with E-state index in [-0.39, 0.29) is 39.8 Å². The van der Waals surface area contributed by atoms with Crippen LogP contribution in [-0.2, 0) is 9.59 Å². The number of hydrogen-bond acceptors (Lipinski definition) is 6. The van der Waals surface area contributed by atoms with Gasteiger partial charge in [-0.3, -0.25) is 9.59 Å². The lowest BCUT2D eigenvalue weighted by Gasteiger charge is -2.08. The molecule has 0 radical (unpaired) electrons. The minimum atomic E-state index is -0.368. The van der Waals surface area contributed by atoms with Crippen LogP contribution in [0.2, 0.25) is 0 Å². The van der Waals surface area contributed by atoms with Crippen molar-refractivity contribution in [1.82, 2.24) is 4.98 Å². The summed E-state index contributed by atoms with van der Waals surface area (Å²) in [4.78, 5) is 24.9. The van der Waals surface area contributed by atoms with Crippen LogP contribution < -0.4 is 16.4 Å². The first-order chi connectivity index (χ1) is 25.4. The highest BCUT2D eigenvalue weighted by Gasteiger charge is 2.09. The molecule has 0 spiro atoms. The molecule has 0 aliphatic heterocycles. The molecule has 4 aromatic carbocycles. The fourth-order valence-electron chi connectivity index (χ4n) is 3.30. The number of aryl methyl sites for hydroxylation is 1. The van der Waals surface area contributed by atoms with E-state index in [0.717, 1.165) is 25.4 Å². The molecular weight excluding hydrogens is 1290 g/mol. The number of carbonyl (C=O) groups excluding carboxylic acids is 2. The monoisotopic (exact) mass is 1310 g/mol. The number of rotatable bonds is 2. The first kappa shape index (κ1) is 54.6. The van der Waals surface area contributed by atoms with Crippen molar-refractivity contribution in [3.8, 4) is 0 Å². The molecule has 0 fully saturated rings. The Morgan fingerprint density at radius 1 is 0.691 bits per heavy atom. The first-order valence-corrected chi connectivity index (χ1v) is 22.4. The van der Waals surface area contributed by atoms with Gasteiger partial charge in [-0.25, -0.2) is 22.5 Å². The summed E-state index contributed by atoms with van der Waals surface area (Å²) in [6.07, 6.45) is 0. The summed E-state index contributed by atoms with van der Waals surface area (Å²) < 4.78 is 56.0. The van der Waals surface area contributed by atoms with Gasteiger partial charge in [-0.15, -0.1) is 34.5 Å². The zero-order chi connectivity index (χ0) is 42.7. The average Bonchev–Trinajstić information content (AvgIpc) is 3.41. The fraction of sp³-hybridized carbons (Fsp3) is 0.152. The number of nitrogens with two attached hydrogens (primary N) is 1. The SMILES string of the molecule is CC(=O)Cl.CC(=O)Nc1c(Br)cc(F)cc1Br.CC(=S)Nc1c(Br)cc(F)cc1Br.Cc1nc2c(Br)cc(F)cc2s1.ClCCl.Nc1c(Br)cc(F)cc1Br. The predicted molar refractivity (Wildman–Crippen MR) is 251 cm³/mol. The number of nitrogens with zero attached hydrogens (tertiary/aromatic N) is 1. The highest BCUT2D eigenvalue weighted by molar-refractivity contribution is 9.12. The number of benzene rings is 4. The molecule has 22 heteroatoms. The van der Waals surface area contributed by atoms with Crippen LogP contribution in [0, 0.1) is 30.2 Å². The maximum absolute atomic E-state index is 12.9. The Morgan fingerprint density at radius 2 is 1.00 bits per heavy atom. The number of anilines is 3. The van der Waals surface area contributed by atoms with Gasteiger partial charge in [0.1, 0.15) is 23.3 Å². The number of amides is 1. The van der Waals surface area contributed by atoms with Gasteiger partial charge in [0.2, 0.25) is 11.1 Å². The van der Waals surface area contributed by atoms with E-state index in [0.29, 0.717) is 43.2 Å². The molecule has 0 saturated carbocycles. The lowest BCUT2D eigenvalue weighted by molar-refractivity contribution is -0.114. The number of carbonyl (C=O) groups is 2. The van der Waals surface area contributed by atoms with E-state index >= 15 is 0 Å². The Morgan fingerprint density at radius 3 is 1.35 bits per heavy atom. The van der Waals surface area contributed by atoms with Gasteiger partial charge in [0, 0.05) is 45.2 Å². The van der Waals surface area contributed by atoms with E-state index < -0.39 is 0 Å². The van der Waals surface area contributed by atoms with Crippen LogP contribution in [0.4, 0.5) is 34.6 Å². The highest BCUT2D eigenvalue weighted by atomic mass is 79.9. The molecule has 0 bridgehead atoms. The molecule has 1 aromatic heterocycles. The number of thiocarbonyl (C=S) groups is 1. The van der Waals surface area contributed by atoms with E-state index in [1.165, 1.54) is 73.7 Å². The van der Waals surface area contributed by atoms with Crippen LogP contribution in [0.5, 0.6) is 0 Å². The number of thiazole rings is 1. The Labute approximate surface area is 398 Å².